The molecule has 1 heterocycles. The van der Waals surface area contributed by atoms with Crippen molar-refractivity contribution in [3.63, 3.8) is 0 Å². The first-order valence-corrected chi connectivity index (χ1v) is 7.06. The molecular formula is C13H16N4O6. The van der Waals surface area contributed by atoms with E-state index in [-0.39, 0.29) is 17.5 Å². The van der Waals surface area contributed by atoms with Crippen LogP contribution in [0.3, 0.4) is 0 Å². The Morgan fingerprint density at radius 2 is 1.35 bits per heavy atom. The number of nitro benzene ring substituents is 3. The molecule has 1 fully saturated rings. The molecule has 0 saturated carbocycles. The van der Waals surface area contributed by atoms with E-state index < -0.39 is 31.8 Å². The Kier molecular flexibility index (Phi) is 4.43. The molecule has 2 atom stereocenters. The molecule has 1 aromatic rings. The summed E-state index contributed by atoms with van der Waals surface area (Å²) in [5, 5.41) is 33.5. The summed E-state index contributed by atoms with van der Waals surface area (Å²) >= 11 is 0. The van der Waals surface area contributed by atoms with Gasteiger partial charge < -0.3 is 4.90 Å². The summed E-state index contributed by atoms with van der Waals surface area (Å²) in [4.78, 5) is 32.6. The van der Waals surface area contributed by atoms with E-state index in [9.17, 15) is 30.3 Å². The van der Waals surface area contributed by atoms with Crippen molar-refractivity contribution < 1.29 is 14.8 Å². The van der Waals surface area contributed by atoms with Crippen LogP contribution in [0.15, 0.2) is 12.1 Å². The predicted octanol–water partition coefficient (Wildman–Crippen LogP) is 2.89. The lowest BCUT2D eigenvalue weighted by atomic mass is 9.91. The van der Waals surface area contributed by atoms with Gasteiger partial charge in [-0.15, -0.1) is 0 Å². The second-order valence-corrected chi connectivity index (χ2v) is 5.95. The van der Waals surface area contributed by atoms with Crippen molar-refractivity contribution in [3.05, 3.63) is 42.5 Å². The van der Waals surface area contributed by atoms with Crippen LogP contribution in [0.25, 0.3) is 0 Å². The van der Waals surface area contributed by atoms with Crippen molar-refractivity contribution in [3.8, 4) is 0 Å². The first kappa shape index (κ1) is 16.6. The minimum absolute atomic E-state index is 0.149. The molecule has 10 heteroatoms. The first-order chi connectivity index (χ1) is 10.7. The highest BCUT2D eigenvalue weighted by Crippen LogP contribution is 2.42. The number of nitro groups is 3. The lowest BCUT2D eigenvalue weighted by Gasteiger charge is -2.35. The molecule has 0 bridgehead atoms. The van der Waals surface area contributed by atoms with Crippen LogP contribution in [0.5, 0.6) is 0 Å². The monoisotopic (exact) mass is 324 g/mol. The van der Waals surface area contributed by atoms with Crippen LogP contribution in [-0.4, -0.2) is 27.9 Å². The van der Waals surface area contributed by atoms with Gasteiger partial charge in [-0.3, -0.25) is 30.3 Å². The molecule has 10 nitrogen and oxygen atoms in total. The zero-order chi connectivity index (χ0) is 17.3. The fraction of sp³-hybridized carbons (Fsp3) is 0.538. The Bertz CT molecular complexity index is 631. The van der Waals surface area contributed by atoms with Gasteiger partial charge in [-0.1, -0.05) is 13.8 Å². The number of nitrogens with zero attached hydrogens (tertiary/aromatic N) is 4. The summed E-state index contributed by atoms with van der Waals surface area (Å²) in [5.74, 6) is 0.432. The third kappa shape index (κ3) is 3.35. The number of anilines is 1. The fourth-order valence-electron chi connectivity index (χ4n) is 3.14. The molecule has 0 unspecified atom stereocenters. The van der Waals surface area contributed by atoms with E-state index in [0.717, 1.165) is 18.6 Å². The quantitative estimate of drug-likeness (QED) is 0.614. The van der Waals surface area contributed by atoms with Crippen LogP contribution < -0.4 is 4.90 Å². The second kappa shape index (κ2) is 6.15. The summed E-state index contributed by atoms with van der Waals surface area (Å²) in [7, 11) is 0. The van der Waals surface area contributed by atoms with E-state index in [0.29, 0.717) is 13.1 Å². The lowest BCUT2D eigenvalue weighted by molar-refractivity contribution is -0.402. The van der Waals surface area contributed by atoms with Gasteiger partial charge in [-0.05, 0) is 18.3 Å². The molecule has 0 aliphatic carbocycles. The van der Waals surface area contributed by atoms with Crippen molar-refractivity contribution in [2.75, 3.05) is 18.0 Å². The standard InChI is InChI=1S/C13H16N4O6/c1-8-3-9(2)7-14(6-8)13-11(16(20)21)4-10(15(18)19)5-12(13)17(22)23/h4-5,8-9H,3,6-7H2,1-2H3/t8-,9-/m0/s1. The number of rotatable bonds is 4. The molecule has 0 aromatic heterocycles. The van der Waals surface area contributed by atoms with Crippen LogP contribution >= 0.6 is 0 Å². The van der Waals surface area contributed by atoms with E-state index >= 15 is 0 Å². The van der Waals surface area contributed by atoms with Crippen molar-refractivity contribution in [1.82, 2.24) is 0 Å². The van der Waals surface area contributed by atoms with Crippen LogP contribution in [0.1, 0.15) is 20.3 Å². The van der Waals surface area contributed by atoms with E-state index in [1.165, 1.54) is 0 Å². The summed E-state index contributed by atoms with van der Waals surface area (Å²) < 4.78 is 0. The Morgan fingerprint density at radius 3 is 1.70 bits per heavy atom. The zero-order valence-corrected chi connectivity index (χ0v) is 12.7. The molecule has 1 aliphatic heterocycles. The van der Waals surface area contributed by atoms with Crippen LogP contribution in [0.2, 0.25) is 0 Å². The Morgan fingerprint density at radius 1 is 0.913 bits per heavy atom. The molecule has 1 saturated heterocycles. The van der Waals surface area contributed by atoms with Crippen LogP contribution in [-0.2, 0) is 0 Å². The molecule has 0 radical (unpaired) electrons. The van der Waals surface area contributed by atoms with E-state index in [4.69, 9.17) is 0 Å². The topological polar surface area (TPSA) is 133 Å². The van der Waals surface area contributed by atoms with E-state index in [1.54, 1.807) is 4.90 Å². The number of piperidine rings is 1. The Balaban J connectivity index is 2.66. The molecule has 1 aromatic carbocycles. The molecule has 124 valence electrons. The highest BCUT2D eigenvalue weighted by atomic mass is 16.6. The molecule has 23 heavy (non-hydrogen) atoms. The smallest absolute Gasteiger partial charge is 0.306 e. The normalized spacial score (nSPS) is 21.0. The highest BCUT2D eigenvalue weighted by molar-refractivity contribution is 5.78. The number of non-ortho nitro benzene ring substituents is 1. The van der Waals surface area contributed by atoms with Crippen molar-refractivity contribution in [2.24, 2.45) is 11.8 Å². The van der Waals surface area contributed by atoms with Crippen LogP contribution in [0.4, 0.5) is 22.7 Å². The fourth-order valence-corrected chi connectivity index (χ4v) is 3.14. The summed E-state index contributed by atoms with van der Waals surface area (Å²) in [6.45, 7) is 4.80. The number of hydrogen-bond donors (Lipinski definition) is 0. The lowest BCUT2D eigenvalue weighted by Crippen LogP contribution is -2.39. The van der Waals surface area contributed by atoms with Crippen LogP contribution in [0, 0.1) is 42.2 Å². The predicted molar refractivity (Wildman–Crippen MR) is 81.6 cm³/mol. The van der Waals surface area contributed by atoms with Crippen molar-refractivity contribution in [1.29, 1.82) is 0 Å². The van der Waals surface area contributed by atoms with Gasteiger partial charge in [0.25, 0.3) is 5.69 Å². The summed E-state index contributed by atoms with van der Waals surface area (Å²) in [6.07, 6.45) is 0.922. The van der Waals surface area contributed by atoms with Gasteiger partial charge >= 0.3 is 11.4 Å². The first-order valence-electron chi connectivity index (χ1n) is 7.06. The molecule has 2 rings (SSSR count). The maximum Gasteiger partial charge on any atom is 0.306 e. The third-order valence-electron chi connectivity index (χ3n) is 3.84. The van der Waals surface area contributed by atoms with Gasteiger partial charge in [-0.2, -0.15) is 0 Å². The molecule has 0 N–H and O–H groups in total. The van der Waals surface area contributed by atoms with Gasteiger partial charge in [0, 0.05) is 13.1 Å². The highest BCUT2D eigenvalue weighted by Gasteiger charge is 2.36. The molecular weight excluding hydrogens is 308 g/mol. The largest absolute Gasteiger partial charge is 0.360 e. The third-order valence-corrected chi connectivity index (χ3v) is 3.84. The maximum atomic E-state index is 11.3. The van der Waals surface area contributed by atoms with Gasteiger partial charge in [0.2, 0.25) is 0 Å². The maximum absolute atomic E-state index is 11.3. The molecule has 1 aliphatic rings. The van der Waals surface area contributed by atoms with Crippen molar-refractivity contribution >= 4 is 22.7 Å². The van der Waals surface area contributed by atoms with Gasteiger partial charge in [0.1, 0.15) is 0 Å². The van der Waals surface area contributed by atoms with Gasteiger partial charge in [0.05, 0.1) is 26.9 Å². The SMILES string of the molecule is C[C@H]1C[C@H](C)CN(c2c([N+](=O)[O-])cc([N+](=O)[O-])cc2[N+](=O)[O-])C1. The summed E-state index contributed by atoms with van der Waals surface area (Å²) in [5.41, 5.74) is -2.02. The zero-order valence-electron chi connectivity index (χ0n) is 12.7. The Hall–Kier alpha value is -2.78. The second-order valence-electron chi connectivity index (χ2n) is 5.95. The minimum Gasteiger partial charge on any atom is -0.360 e. The van der Waals surface area contributed by atoms with E-state index in [1.807, 2.05) is 13.8 Å². The van der Waals surface area contributed by atoms with Gasteiger partial charge in [-0.25, -0.2) is 0 Å². The summed E-state index contributed by atoms with van der Waals surface area (Å²) in [6, 6.07) is 1.57. The van der Waals surface area contributed by atoms with Gasteiger partial charge in [0.15, 0.2) is 5.69 Å². The number of benzene rings is 1. The molecule has 0 spiro atoms. The Labute approximate surface area is 131 Å². The average molecular weight is 324 g/mol. The minimum atomic E-state index is -0.870. The van der Waals surface area contributed by atoms with Crippen molar-refractivity contribution in [2.45, 2.75) is 20.3 Å². The molecule has 0 amide bonds. The number of hydrogen-bond acceptors (Lipinski definition) is 7. The van der Waals surface area contributed by atoms with E-state index in [2.05, 4.69) is 0 Å². The average Bonchev–Trinajstić information content (AvgIpc) is 2.44.